The number of carbonyl (C=O) groups is 1. The quantitative estimate of drug-likeness (QED) is 0.809. The smallest absolute Gasteiger partial charge is 0.354 e. The highest BCUT2D eigenvalue weighted by Crippen LogP contribution is 2.24. The topological polar surface area (TPSA) is 31.2 Å². The number of esters is 1. The van der Waals surface area contributed by atoms with E-state index in [4.69, 9.17) is 4.74 Å². The van der Waals surface area contributed by atoms with Crippen molar-refractivity contribution in [3.63, 3.8) is 0 Å². The highest BCUT2D eigenvalue weighted by Gasteiger charge is 2.15. The standard InChI is InChI=1S/C14H14BrNO2/c1-3-16-12(8-9-13(16)14(17)18-2)10-4-6-11(15)7-5-10/h4-9H,3H2,1-2H3. The molecule has 18 heavy (non-hydrogen) atoms. The summed E-state index contributed by atoms with van der Waals surface area (Å²) in [5.41, 5.74) is 2.68. The number of carbonyl (C=O) groups excluding carboxylic acids is 1. The molecule has 0 saturated carbocycles. The van der Waals surface area contributed by atoms with E-state index in [2.05, 4.69) is 15.9 Å². The summed E-state index contributed by atoms with van der Waals surface area (Å²) in [5, 5.41) is 0. The summed E-state index contributed by atoms with van der Waals surface area (Å²) >= 11 is 3.41. The van der Waals surface area contributed by atoms with Crippen molar-refractivity contribution in [1.82, 2.24) is 4.57 Å². The summed E-state index contributed by atoms with van der Waals surface area (Å²) in [5.74, 6) is -0.305. The number of methoxy groups -OCH3 is 1. The third kappa shape index (κ3) is 2.34. The Kier molecular flexibility index (Phi) is 3.87. The van der Waals surface area contributed by atoms with Gasteiger partial charge in [-0.3, -0.25) is 0 Å². The molecule has 2 rings (SSSR count). The summed E-state index contributed by atoms with van der Waals surface area (Å²) in [6, 6.07) is 11.8. The second-order valence-electron chi connectivity index (χ2n) is 3.85. The van der Waals surface area contributed by atoms with Crippen molar-refractivity contribution in [2.24, 2.45) is 0 Å². The van der Waals surface area contributed by atoms with Crippen LogP contribution in [0.4, 0.5) is 0 Å². The summed E-state index contributed by atoms with van der Waals surface area (Å²) in [7, 11) is 1.40. The molecule has 0 saturated heterocycles. The molecule has 0 aliphatic rings. The fourth-order valence-electron chi connectivity index (χ4n) is 1.96. The second kappa shape index (κ2) is 5.40. The molecule has 94 valence electrons. The maximum absolute atomic E-state index is 11.6. The Labute approximate surface area is 115 Å². The Morgan fingerprint density at radius 3 is 2.44 bits per heavy atom. The highest BCUT2D eigenvalue weighted by molar-refractivity contribution is 9.10. The maximum Gasteiger partial charge on any atom is 0.354 e. The molecule has 0 aliphatic carbocycles. The van der Waals surface area contributed by atoms with Gasteiger partial charge in [-0.1, -0.05) is 28.1 Å². The first-order valence-corrected chi connectivity index (χ1v) is 6.50. The third-order valence-electron chi connectivity index (χ3n) is 2.83. The molecule has 0 spiro atoms. The zero-order chi connectivity index (χ0) is 13.1. The minimum absolute atomic E-state index is 0.305. The second-order valence-corrected chi connectivity index (χ2v) is 4.76. The molecular weight excluding hydrogens is 294 g/mol. The Morgan fingerprint density at radius 2 is 1.89 bits per heavy atom. The molecule has 0 amide bonds. The van der Waals surface area contributed by atoms with Gasteiger partial charge >= 0.3 is 5.97 Å². The predicted molar refractivity (Wildman–Crippen MR) is 74.6 cm³/mol. The van der Waals surface area contributed by atoms with E-state index in [0.717, 1.165) is 22.3 Å². The van der Waals surface area contributed by atoms with Crippen LogP contribution in [0, 0.1) is 0 Å². The predicted octanol–water partition coefficient (Wildman–Crippen LogP) is 3.72. The first-order chi connectivity index (χ1) is 8.67. The summed E-state index contributed by atoms with van der Waals surface area (Å²) in [4.78, 5) is 11.6. The minimum atomic E-state index is -0.305. The van der Waals surface area contributed by atoms with Crippen molar-refractivity contribution >= 4 is 21.9 Å². The van der Waals surface area contributed by atoms with Gasteiger partial charge in [-0.25, -0.2) is 4.79 Å². The normalized spacial score (nSPS) is 10.4. The Bertz CT molecular complexity index is 558. The number of ether oxygens (including phenoxy) is 1. The molecule has 0 atom stereocenters. The number of benzene rings is 1. The number of nitrogens with zero attached hydrogens (tertiary/aromatic N) is 1. The molecule has 1 aromatic carbocycles. The van der Waals surface area contributed by atoms with Crippen molar-refractivity contribution in [3.05, 3.63) is 46.6 Å². The maximum atomic E-state index is 11.6. The Morgan fingerprint density at radius 1 is 1.22 bits per heavy atom. The lowest BCUT2D eigenvalue weighted by Gasteiger charge is -2.10. The van der Waals surface area contributed by atoms with Crippen LogP contribution in [-0.4, -0.2) is 17.6 Å². The van der Waals surface area contributed by atoms with E-state index in [1.54, 1.807) is 6.07 Å². The molecule has 0 fully saturated rings. The van der Waals surface area contributed by atoms with E-state index < -0.39 is 0 Å². The van der Waals surface area contributed by atoms with Gasteiger partial charge in [0.25, 0.3) is 0 Å². The number of hydrogen-bond donors (Lipinski definition) is 0. The van der Waals surface area contributed by atoms with Gasteiger partial charge in [-0.2, -0.15) is 0 Å². The fraction of sp³-hybridized carbons (Fsp3) is 0.214. The van der Waals surface area contributed by atoms with Gasteiger partial charge in [0.2, 0.25) is 0 Å². The average molecular weight is 308 g/mol. The van der Waals surface area contributed by atoms with Gasteiger partial charge in [0.1, 0.15) is 5.69 Å². The van der Waals surface area contributed by atoms with Gasteiger partial charge in [0.15, 0.2) is 0 Å². The van der Waals surface area contributed by atoms with E-state index >= 15 is 0 Å². The van der Waals surface area contributed by atoms with Gasteiger partial charge in [0, 0.05) is 16.7 Å². The molecular formula is C14H14BrNO2. The Hall–Kier alpha value is -1.55. The van der Waals surface area contributed by atoms with Crippen LogP contribution < -0.4 is 0 Å². The molecule has 0 aliphatic heterocycles. The lowest BCUT2D eigenvalue weighted by molar-refractivity contribution is 0.0589. The molecule has 3 nitrogen and oxygen atoms in total. The molecule has 0 N–H and O–H groups in total. The molecule has 2 aromatic rings. The first-order valence-electron chi connectivity index (χ1n) is 5.71. The average Bonchev–Trinajstić information content (AvgIpc) is 2.82. The van der Waals surface area contributed by atoms with E-state index in [1.165, 1.54) is 7.11 Å². The van der Waals surface area contributed by atoms with Crippen LogP contribution in [0.5, 0.6) is 0 Å². The largest absolute Gasteiger partial charge is 0.464 e. The molecule has 0 radical (unpaired) electrons. The molecule has 0 unspecified atom stereocenters. The monoisotopic (exact) mass is 307 g/mol. The lowest BCUT2D eigenvalue weighted by atomic mass is 10.1. The zero-order valence-electron chi connectivity index (χ0n) is 10.3. The summed E-state index contributed by atoms with van der Waals surface area (Å²) in [6.07, 6.45) is 0. The minimum Gasteiger partial charge on any atom is -0.464 e. The molecule has 1 heterocycles. The SMILES string of the molecule is CCn1c(C(=O)OC)ccc1-c1ccc(Br)cc1. The van der Waals surface area contributed by atoms with E-state index in [0.29, 0.717) is 5.69 Å². The van der Waals surface area contributed by atoms with Gasteiger partial charge in [0.05, 0.1) is 7.11 Å². The van der Waals surface area contributed by atoms with E-state index in [1.807, 2.05) is 41.8 Å². The van der Waals surface area contributed by atoms with Crippen LogP contribution in [-0.2, 0) is 11.3 Å². The van der Waals surface area contributed by atoms with Crippen molar-refractivity contribution in [2.45, 2.75) is 13.5 Å². The zero-order valence-corrected chi connectivity index (χ0v) is 11.9. The van der Waals surface area contributed by atoms with Crippen LogP contribution in [0.1, 0.15) is 17.4 Å². The van der Waals surface area contributed by atoms with Crippen LogP contribution in [0.3, 0.4) is 0 Å². The summed E-state index contributed by atoms with van der Waals surface area (Å²) in [6.45, 7) is 2.73. The number of rotatable bonds is 3. The van der Waals surface area contributed by atoms with E-state index in [9.17, 15) is 4.79 Å². The van der Waals surface area contributed by atoms with Crippen molar-refractivity contribution in [1.29, 1.82) is 0 Å². The highest BCUT2D eigenvalue weighted by atomic mass is 79.9. The number of halogens is 1. The van der Waals surface area contributed by atoms with Crippen molar-refractivity contribution in [2.75, 3.05) is 7.11 Å². The van der Waals surface area contributed by atoms with Crippen molar-refractivity contribution in [3.8, 4) is 11.3 Å². The molecule has 4 heteroatoms. The number of aromatic nitrogens is 1. The lowest BCUT2D eigenvalue weighted by Crippen LogP contribution is -2.10. The summed E-state index contributed by atoms with van der Waals surface area (Å²) < 4.78 is 7.77. The first kappa shape index (κ1) is 12.9. The molecule has 0 bridgehead atoms. The van der Waals surface area contributed by atoms with Crippen LogP contribution in [0.15, 0.2) is 40.9 Å². The van der Waals surface area contributed by atoms with Gasteiger partial charge < -0.3 is 9.30 Å². The van der Waals surface area contributed by atoms with Crippen LogP contribution in [0.25, 0.3) is 11.3 Å². The van der Waals surface area contributed by atoms with Gasteiger partial charge in [-0.05, 0) is 36.8 Å². The number of hydrogen-bond acceptors (Lipinski definition) is 2. The van der Waals surface area contributed by atoms with Gasteiger partial charge in [-0.15, -0.1) is 0 Å². The van der Waals surface area contributed by atoms with Crippen LogP contribution >= 0.6 is 15.9 Å². The van der Waals surface area contributed by atoms with Crippen LogP contribution in [0.2, 0.25) is 0 Å². The molecule has 1 aromatic heterocycles. The third-order valence-corrected chi connectivity index (χ3v) is 3.36. The van der Waals surface area contributed by atoms with E-state index in [-0.39, 0.29) is 5.97 Å². The Balaban J connectivity index is 2.48. The van der Waals surface area contributed by atoms with Crippen molar-refractivity contribution < 1.29 is 9.53 Å². The fourth-order valence-corrected chi connectivity index (χ4v) is 2.23.